The van der Waals surface area contributed by atoms with Gasteiger partial charge in [-0.3, -0.25) is 9.69 Å². The number of rotatable bonds is 6. The van der Waals surface area contributed by atoms with Gasteiger partial charge in [-0.2, -0.15) is 11.3 Å². The molecular weight excluding hydrogens is 312 g/mol. The van der Waals surface area contributed by atoms with E-state index in [1.807, 2.05) is 13.0 Å². The predicted octanol–water partition coefficient (Wildman–Crippen LogP) is 2.53. The van der Waals surface area contributed by atoms with Crippen LogP contribution in [0.4, 0.5) is 0 Å². The maximum absolute atomic E-state index is 12.3. The van der Waals surface area contributed by atoms with Gasteiger partial charge in [0, 0.05) is 19.1 Å². The molecule has 23 heavy (non-hydrogen) atoms. The summed E-state index contributed by atoms with van der Waals surface area (Å²) < 4.78 is 10.9. The molecule has 1 unspecified atom stereocenters. The number of furan rings is 1. The van der Waals surface area contributed by atoms with Gasteiger partial charge in [-0.05, 0) is 41.8 Å². The van der Waals surface area contributed by atoms with Crippen molar-refractivity contribution >= 4 is 17.2 Å². The van der Waals surface area contributed by atoms with E-state index in [0.29, 0.717) is 5.56 Å². The van der Waals surface area contributed by atoms with E-state index >= 15 is 0 Å². The lowest BCUT2D eigenvalue weighted by Gasteiger charge is -2.25. The fraction of sp³-hybridized carbons (Fsp3) is 0.471. The normalized spacial score (nSPS) is 17.1. The number of thiophene rings is 1. The number of nitrogens with zero attached hydrogens (tertiary/aromatic N) is 1. The Balaban J connectivity index is 1.51. The first kappa shape index (κ1) is 16.2. The minimum atomic E-state index is -0.0790. The van der Waals surface area contributed by atoms with Gasteiger partial charge in [0.05, 0.1) is 25.3 Å². The molecule has 0 aromatic carbocycles. The highest BCUT2D eigenvalue weighted by atomic mass is 32.1. The second-order valence-electron chi connectivity index (χ2n) is 5.90. The Morgan fingerprint density at radius 1 is 1.43 bits per heavy atom. The SMILES string of the molecule is CC(Cc1ccsc1)NC(=O)c1coc(CN2CCOCC2)c1. The second kappa shape index (κ2) is 7.77. The summed E-state index contributed by atoms with van der Waals surface area (Å²) in [5.74, 6) is 0.743. The highest BCUT2D eigenvalue weighted by Gasteiger charge is 2.16. The van der Waals surface area contributed by atoms with Crippen molar-refractivity contribution in [3.05, 3.63) is 46.0 Å². The molecule has 1 aliphatic rings. The Morgan fingerprint density at radius 3 is 3.00 bits per heavy atom. The highest BCUT2D eigenvalue weighted by molar-refractivity contribution is 7.07. The van der Waals surface area contributed by atoms with E-state index in [-0.39, 0.29) is 11.9 Å². The van der Waals surface area contributed by atoms with Crippen molar-refractivity contribution in [2.75, 3.05) is 26.3 Å². The molecule has 1 atom stereocenters. The first-order chi connectivity index (χ1) is 11.2. The van der Waals surface area contributed by atoms with Crippen LogP contribution in [-0.2, 0) is 17.7 Å². The van der Waals surface area contributed by atoms with Gasteiger partial charge in [0.15, 0.2) is 0 Å². The van der Waals surface area contributed by atoms with Crippen molar-refractivity contribution in [1.82, 2.24) is 10.2 Å². The van der Waals surface area contributed by atoms with E-state index < -0.39 is 0 Å². The lowest BCUT2D eigenvalue weighted by molar-refractivity contribution is 0.0313. The number of hydrogen-bond acceptors (Lipinski definition) is 5. The predicted molar refractivity (Wildman–Crippen MR) is 89.8 cm³/mol. The molecule has 1 fully saturated rings. The van der Waals surface area contributed by atoms with Crippen LogP contribution < -0.4 is 5.32 Å². The molecule has 1 N–H and O–H groups in total. The van der Waals surface area contributed by atoms with Crippen LogP contribution in [0.3, 0.4) is 0 Å². The number of amides is 1. The average Bonchev–Trinajstić information content (AvgIpc) is 3.20. The van der Waals surface area contributed by atoms with Crippen molar-refractivity contribution in [3.8, 4) is 0 Å². The zero-order valence-electron chi connectivity index (χ0n) is 13.3. The van der Waals surface area contributed by atoms with Gasteiger partial charge in [0.1, 0.15) is 12.0 Å². The minimum Gasteiger partial charge on any atom is -0.467 e. The van der Waals surface area contributed by atoms with Crippen molar-refractivity contribution in [2.45, 2.75) is 25.9 Å². The molecule has 0 spiro atoms. The van der Waals surface area contributed by atoms with Gasteiger partial charge in [-0.1, -0.05) is 0 Å². The average molecular weight is 334 g/mol. The lowest BCUT2D eigenvalue weighted by atomic mass is 10.1. The molecule has 3 rings (SSSR count). The quantitative estimate of drug-likeness (QED) is 0.882. The van der Waals surface area contributed by atoms with Crippen molar-refractivity contribution in [2.24, 2.45) is 0 Å². The Kier molecular flexibility index (Phi) is 5.48. The summed E-state index contributed by atoms with van der Waals surface area (Å²) >= 11 is 1.68. The Labute approximate surface area is 140 Å². The first-order valence-corrected chi connectivity index (χ1v) is 8.84. The van der Waals surface area contributed by atoms with E-state index in [4.69, 9.17) is 9.15 Å². The van der Waals surface area contributed by atoms with Gasteiger partial charge in [-0.25, -0.2) is 0 Å². The summed E-state index contributed by atoms with van der Waals surface area (Å²) in [6, 6.07) is 4.02. The molecule has 0 aliphatic carbocycles. The van der Waals surface area contributed by atoms with Crippen LogP contribution >= 0.6 is 11.3 Å². The molecule has 1 aliphatic heterocycles. The molecule has 6 heteroatoms. The summed E-state index contributed by atoms with van der Waals surface area (Å²) in [6.45, 7) is 6.06. The maximum Gasteiger partial charge on any atom is 0.254 e. The largest absolute Gasteiger partial charge is 0.467 e. The van der Waals surface area contributed by atoms with Gasteiger partial charge in [0.25, 0.3) is 5.91 Å². The summed E-state index contributed by atoms with van der Waals surface area (Å²) in [7, 11) is 0. The van der Waals surface area contributed by atoms with Gasteiger partial charge in [0.2, 0.25) is 0 Å². The van der Waals surface area contributed by atoms with Crippen molar-refractivity contribution in [3.63, 3.8) is 0 Å². The third-order valence-corrected chi connectivity index (χ3v) is 4.63. The fourth-order valence-corrected chi connectivity index (χ4v) is 3.36. The first-order valence-electron chi connectivity index (χ1n) is 7.90. The Bertz CT molecular complexity index is 618. The number of carbonyl (C=O) groups is 1. The molecule has 2 aromatic rings. The highest BCUT2D eigenvalue weighted by Crippen LogP contribution is 2.13. The molecule has 124 valence electrons. The van der Waals surface area contributed by atoms with Crippen LogP contribution in [-0.4, -0.2) is 43.2 Å². The molecule has 0 bridgehead atoms. The van der Waals surface area contributed by atoms with Crippen LogP contribution in [0.2, 0.25) is 0 Å². The topological polar surface area (TPSA) is 54.7 Å². The Morgan fingerprint density at radius 2 is 2.26 bits per heavy atom. The summed E-state index contributed by atoms with van der Waals surface area (Å²) in [4.78, 5) is 14.6. The van der Waals surface area contributed by atoms with E-state index in [0.717, 1.165) is 45.0 Å². The van der Waals surface area contributed by atoms with Crippen molar-refractivity contribution < 1.29 is 13.9 Å². The minimum absolute atomic E-state index is 0.0790. The van der Waals surface area contributed by atoms with Gasteiger partial charge < -0.3 is 14.5 Å². The van der Waals surface area contributed by atoms with E-state index in [1.54, 1.807) is 17.6 Å². The molecule has 1 saturated heterocycles. The number of morpholine rings is 1. The second-order valence-corrected chi connectivity index (χ2v) is 6.68. The maximum atomic E-state index is 12.3. The molecule has 3 heterocycles. The molecule has 5 nitrogen and oxygen atoms in total. The van der Waals surface area contributed by atoms with Crippen LogP contribution in [0, 0.1) is 0 Å². The van der Waals surface area contributed by atoms with E-state index in [9.17, 15) is 4.79 Å². The van der Waals surface area contributed by atoms with Crippen LogP contribution in [0.5, 0.6) is 0 Å². The lowest BCUT2D eigenvalue weighted by Crippen LogP contribution is -2.35. The molecule has 0 saturated carbocycles. The third kappa shape index (κ3) is 4.67. The number of ether oxygens (including phenoxy) is 1. The number of hydrogen-bond donors (Lipinski definition) is 1. The molecular formula is C17H22N2O3S. The van der Waals surface area contributed by atoms with Crippen LogP contribution in [0.15, 0.2) is 33.6 Å². The Hall–Kier alpha value is -1.63. The zero-order valence-corrected chi connectivity index (χ0v) is 14.1. The third-order valence-electron chi connectivity index (χ3n) is 3.90. The van der Waals surface area contributed by atoms with Crippen LogP contribution in [0.1, 0.15) is 28.6 Å². The molecule has 1 amide bonds. The smallest absolute Gasteiger partial charge is 0.254 e. The van der Waals surface area contributed by atoms with Gasteiger partial charge >= 0.3 is 0 Å². The van der Waals surface area contributed by atoms with Crippen molar-refractivity contribution in [1.29, 1.82) is 0 Å². The summed E-state index contributed by atoms with van der Waals surface area (Å²) in [5, 5.41) is 7.19. The van der Waals surface area contributed by atoms with E-state index in [1.165, 1.54) is 5.56 Å². The number of nitrogens with one attached hydrogen (secondary N) is 1. The summed E-state index contributed by atoms with van der Waals surface area (Å²) in [5.41, 5.74) is 1.84. The summed E-state index contributed by atoms with van der Waals surface area (Å²) in [6.07, 6.45) is 2.39. The van der Waals surface area contributed by atoms with Crippen LogP contribution in [0.25, 0.3) is 0 Å². The standard InChI is InChI=1S/C17H22N2O3S/c1-13(8-14-2-7-23-12-14)18-17(20)15-9-16(22-11-15)10-19-3-5-21-6-4-19/h2,7,9,11-13H,3-6,8,10H2,1H3,(H,18,20). The van der Waals surface area contributed by atoms with Gasteiger partial charge in [-0.15, -0.1) is 0 Å². The number of carbonyl (C=O) groups excluding carboxylic acids is 1. The monoisotopic (exact) mass is 334 g/mol. The van der Waals surface area contributed by atoms with E-state index in [2.05, 4.69) is 27.0 Å². The molecule has 2 aromatic heterocycles. The fourth-order valence-electron chi connectivity index (χ4n) is 2.68. The zero-order chi connectivity index (χ0) is 16.1. The molecule has 0 radical (unpaired) electrons.